The van der Waals surface area contributed by atoms with Crippen LogP contribution in [0, 0.1) is 0 Å². The van der Waals surface area contributed by atoms with Crippen LogP contribution in [0.15, 0.2) is 41.4 Å². The van der Waals surface area contributed by atoms with Gasteiger partial charge in [0.05, 0.1) is 30.8 Å². The summed E-state index contributed by atoms with van der Waals surface area (Å²) in [6, 6.07) is 9.56. The second kappa shape index (κ2) is 8.73. The minimum absolute atomic E-state index is 0.246. The molecule has 2 aromatic rings. The van der Waals surface area contributed by atoms with Gasteiger partial charge in [0.1, 0.15) is 4.90 Å². The van der Waals surface area contributed by atoms with Crippen molar-refractivity contribution in [3.63, 3.8) is 0 Å². The standard InChI is InChI=1S/C20H30N4O3S/c1-20(2,3)19-18(16-24(22-19)17-8-5-4-6-9-17)28(25,26)21-10-7-11-23-12-14-27-15-13-23/h4-6,8-9,16,21H,7,10-15H2,1-3H3. The molecule has 0 atom stereocenters. The van der Waals surface area contributed by atoms with E-state index in [1.807, 2.05) is 51.1 Å². The monoisotopic (exact) mass is 406 g/mol. The van der Waals surface area contributed by atoms with E-state index in [1.54, 1.807) is 10.9 Å². The lowest BCUT2D eigenvalue weighted by atomic mass is 9.92. The Morgan fingerprint density at radius 3 is 2.46 bits per heavy atom. The zero-order chi connectivity index (χ0) is 20.2. The molecule has 1 aliphatic heterocycles. The van der Waals surface area contributed by atoms with Crippen molar-refractivity contribution in [2.45, 2.75) is 37.5 Å². The number of sulfonamides is 1. The highest BCUT2D eigenvalue weighted by Crippen LogP contribution is 2.28. The highest BCUT2D eigenvalue weighted by molar-refractivity contribution is 7.89. The molecule has 0 unspecified atom stereocenters. The SMILES string of the molecule is CC(C)(C)c1nn(-c2ccccc2)cc1S(=O)(=O)NCCCN1CCOCC1. The van der Waals surface area contributed by atoms with E-state index in [0.29, 0.717) is 12.2 Å². The summed E-state index contributed by atoms with van der Waals surface area (Å²) in [6.07, 6.45) is 2.37. The Balaban J connectivity index is 1.73. The van der Waals surface area contributed by atoms with Crippen molar-refractivity contribution >= 4 is 10.0 Å². The van der Waals surface area contributed by atoms with Crippen LogP contribution in [0.5, 0.6) is 0 Å². The number of nitrogens with zero attached hydrogens (tertiary/aromatic N) is 3. The minimum Gasteiger partial charge on any atom is -0.379 e. The Labute approximate surface area is 167 Å². The molecule has 1 aliphatic rings. The number of morpholine rings is 1. The van der Waals surface area contributed by atoms with Gasteiger partial charge in [0.2, 0.25) is 10.0 Å². The second-order valence-corrected chi connectivity index (χ2v) is 9.81. The Morgan fingerprint density at radius 1 is 1.14 bits per heavy atom. The van der Waals surface area contributed by atoms with Crippen molar-refractivity contribution in [2.24, 2.45) is 0 Å². The summed E-state index contributed by atoms with van der Waals surface area (Å²) in [6.45, 7) is 10.5. The van der Waals surface area contributed by atoms with Crippen LogP contribution in [0.25, 0.3) is 5.69 Å². The molecule has 8 heteroatoms. The number of ether oxygens (including phenoxy) is 1. The van der Waals surface area contributed by atoms with Gasteiger partial charge in [0.15, 0.2) is 0 Å². The molecule has 28 heavy (non-hydrogen) atoms. The first-order valence-electron chi connectivity index (χ1n) is 9.73. The van der Waals surface area contributed by atoms with Crippen molar-refractivity contribution in [1.29, 1.82) is 0 Å². The van der Waals surface area contributed by atoms with Crippen LogP contribution in [0.1, 0.15) is 32.9 Å². The second-order valence-electron chi connectivity index (χ2n) is 8.08. The van der Waals surface area contributed by atoms with Crippen LogP contribution in [-0.2, 0) is 20.2 Å². The molecule has 1 fully saturated rings. The van der Waals surface area contributed by atoms with E-state index in [-0.39, 0.29) is 4.90 Å². The van der Waals surface area contributed by atoms with Gasteiger partial charge in [0.25, 0.3) is 0 Å². The van der Waals surface area contributed by atoms with E-state index in [2.05, 4.69) is 14.7 Å². The summed E-state index contributed by atoms with van der Waals surface area (Å²) in [4.78, 5) is 2.54. The highest BCUT2D eigenvalue weighted by Gasteiger charge is 2.30. The first-order valence-corrected chi connectivity index (χ1v) is 11.2. The van der Waals surface area contributed by atoms with E-state index < -0.39 is 15.4 Å². The fourth-order valence-electron chi connectivity index (χ4n) is 3.20. The number of benzene rings is 1. The van der Waals surface area contributed by atoms with Crippen molar-refractivity contribution in [3.8, 4) is 5.69 Å². The summed E-state index contributed by atoms with van der Waals surface area (Å²) in [5.41, 5.74) is 1.01. The Kier molecular flexibility index (Phi) is 6.54. The summed E-state index contributed by atoms with van der Waals surface area (Å²) in [5.74, 6) is 0. The molecule has 1 aromatic carbocycles. The summed E-state index contributed by atoms with van der Waals surface area (Å²) in [7, 11) is -3.64. The van der Waals surface area contributed by atoms with Crippen LogP contribution in [0.2, 0.25) is 0 Å². The van der Waals surface area contributed by atoms with Gasteiger partial charge >= 0.3 is 0 Å². The molecule has 154 valence electrons. The van der Waals surface area contributed by atoms with Crippen LogP contribution >= 0.6 is 0 Å². The predicted octanol–water partition coefficient (Wildman–Crippen LogP) is 2.17. The normalized spacial score (nSPS) is 16.4. The van der Waals surface area contributed by atoms with Crippen molar-refractivity contribution in [1.82, 2.24) is 19.4 Å². The van der Waals surface area contributed by atoms with E-state index in [9.17, 15) is 8.42 Å². The van der Waals surface area contributed by atoms with Crippen molar-refractivity contribution < 1.29 is 13.2 Å². The topological polar surface area (TPSA) is 76.5 Å². The van der Waals surface area contributed by atoms with Gasteiger partial charge in [-0.3, -0.25) is 4.90 Å². The van der Waals surface area contributed by atoms with Crippen molar-refractivity contribution in [3.05, 3.63) is 42.2 Å². The number of hydrogen-bond acceptors (Lipinski definition) is 5. The van der Waals surface area contributed by atoms with Gasteiger partial charge in [-0.1, -0.05) is 39.0 Å². The molecule has 0 spiro atoms. The molecule has 7 nitrogen and oxygen atoms in total. The van der Waals surface area contributed by atoms with Gasteiger partial charge in [0, 0.05) is 25.0 Å². The zero-order valence-electron chi connectivity index (χ0n) is 16.9. The van der Waals surface area contributed by atoms with Crippen molar-refractivity contribution in [2.75, 3.05) is 39.4 Å². The Morgan fingerprint density at radius 2 is 1.82 bits per heavy atom. The van der Waals surface area contributed by atoms with Gasteiger partial charge < -0.3 is 4.74 Å². The molecule has 0 aliphatic carbocycles. The van der Waals surface area contributed by atoms with E-state index in [4.69, 9.17) is 4.74 Å². The van der Waals surface area contributed by atoms with Crippen LogP contribution in [0.3, 0.4) is 0 Å². The lowest BCUT2D eigenvalue weighted by Gasteiger charge is -2.26. The lowest BCUT2D eigenvalue weighted by Crippen LogP contribution is -2.38. The average Bonchev–Trinajstić information content (AvgIpc) is 3.14. The van der Waals surface area contributed by atoms with Gasteiger partial charge in [-0.2, -0.15) is 5.10 Å². The maximum atomic E-state index is 13.0. The molecular weight excluding hydrogens is 376 g/mol. The summed E-state index contributed by atoms with van der Waals surface area (Å²) >= 11 is 0. The average molecular weight is 407 g/mol. The molecule has 0 amide bonds. The largest absolute Gasteiger partial charge is 0.379 e. The minimum atomic E-state index is -3.64. The first kappa shape index (κ1) is 21.0. The molecule has 0 bridgehead atoms. The molecule has 0 saturated carbocycles. The molecule has 0 radical (unpaired) electrons. The smallest absolute Gasteiger partial charge is 0.244 e. The quantitative estimate of drug-likeness (QED) is 0.713. The molecule has 1 N–H and O–H groups in total. The number of aromatic nitrogens is 2. The van der Waals surface area contributed by atoms with E-state index in [1.165, 1.54) is 0 Å². The van der Waals surface area contributed by atoms with Crippen LogP contribution in [0.4, 0.5) is 0 Å². The van der Waals surface area contributed by atoms with Gasteiger partial charge in [-0.05, 0) is 25.1 Å². The highest BCUT2D eigenvalue weighted by atomic mass is 32.2. The fraction of sp³-hybridized carbons (Fsp3) is 0.550. The molecule has 1 saturated heterocycles. The first-order chi connectivity index (χ1) is 13.3. The third-order valence-corrected chi connectivity index (χ3v) is 6.21. The third-order valence-electron chi connectivity index (χ3n) is 4.75. The van der Waals surface area contributed by atoms with Gasteiger partial charge in [-0.25, -0.2) is 17.8 Å². The molecule has 2 heterocycles. The lowest BCUT2D eigenvalue weighted by molar-refractivity contribution is 0.0376. The predicted molar refractivity (Wildman–Crippen MR) is 109 cm³/mol. The van der Waals surface area contributed by atoms with Gasteiger partial charge in [-0.15, -0.1) is 0 Å². The Bertz CT molecular complexity index is 867. The number of para-hydroxylation sites is 1. The molecular formula is C20H30N4O3S. The zero-order valence-corrected chi connectivity index (χ0v) is 17.7. The van der Waals surface area contributed by atoms with E-state index in [0.717, 1.165) is 45.0 Å². The summed E-state index contributed by atoms with van der Waals surface area (Å²) < 4.78 is 35.7. The van der Waals surface area contributed by atoms with Crippen LogP contribution in [-0.4, -0.2) is 62.5 Å². The third kappa shape index (κ3) is 5.20. The number of nitrogens with one attached hydrogen (secondary N) is 1. The number of rotatable bonds is 7. The fourth-order valence-corrected chi connectivity index (χ4v) is 4.61. The van der Waals surface area contributed by atoms with E-state index >= 15 is 0 Å². The summed E-state index contributed by atoms with van der Waals surface area (Å²) in [5, 5.41) is 4.60. The maximum Gasteiger partial charge on any atom is 0.244 e. The number of hydrogen-bond donors (Lipinski definition) is 1. The molecule has 3 rings (SSSR count). The Hall–Kier alpha value is -1.74. The molecule has 1 aromatic heterocycles. The maximum absolute atomic E-state index is 13.0. The van der Waals surface area contributed by atoms with Crippen LogP contribution < -0.4 is 4.72 Å².